The number of rotatable bonds is 2. The molecule has 1 heterocycles. The van der Waals surface area contributed by atoms with E-state index in [9.17, 15) is 8.78 Å². The summed E-state index contributed by atoms with van der Waals surface area (Å²) in [5, 5.41) is 4.30. The monoisotopic (exact) mass is 256 g/mol. The highest BCUT2D eigenvalue weighted by molar-refractivity contribution is 5.58. The predicted octanol–water partition coefficient (Wildman–Crippen LogP) is 3.82. The molecule has 2 aromatic carbocycles. The smallest absolute Gasteiger partial charge is 0.151 e. The van der Waals surface area contributed by atoms with Gasteiger partial charge in [0.25, 0.3) is 0 Å². The van der Waals surface area contributed by atoms with E-state index < -0.39 is 11.6 Å². The van der Waals surface area contributed by atoms with Gasteiger partial charge in [0.1, 0.15) is 11.5 Å². The second-order valence-electron chi connectivity index (χ2n) is 4.11. The van der Waals surface area contributed by atoms with E-state index in [1.54, 1.807) is 12.3 Å². The van der Waals surface area contributed by atoms with Crippen LogP contribution in [-0.2, 0) is 0 Å². The molecule has 3 aromatic rings. The normalized spacial score (nSPS) is 10.6. The maximum Gasteiger partial charge on any atom is 0.151 e. The fourth-order valence-corrected chi connectivity index (χ4v) is 1.89. The van der Waals surface area contributed by atoms with E-state index in [0.717, 1.165) is 17.3 Å². The van der Waals surface area contributed by atoms with E-state index in [1.807, 2.05) is 30.3 Å². The molecule has 19 heavy (non-hydrogen) atoms. The molecule has 0 radical (unpaired) electrons. The Labute approximate surface area is 108 Å². The maximum atomic E-state index is 13.6. The van der Waals surface area contributed by atoms with Crippen molar-refractivity contribution in [1.82, 2.24) is 9.78 Å². The Morgan fingerprint density at radius 2 is 1.68 bits per heavy atom. The molecule has 3 rings (SSSR count). The highest BCUT2D eigenvalue weighted by atomic mass is 19.1. The summed E-state index contributed by atoms with van der Waals surface area (Å²) in [6.07, 6.45) is 1.65. The lowest BCUT2D eigenvalue weighted by atomic mass is 10.2. The maximum absolute atomic E-state index is 13.6. The van der Waals surface area contributed by atoms with Crippen molar-refractivity contribution >= 4 is 0 Å². The highest BCUT2D eigenvalue weighted by Gasteiger charge is 2.08. The first-order chi connectivity index (χ1) is 9.24. The molecule has 0 fully saturated rings. The molecular weight excluding hydrogens is 246 g/mol. The van der Waals surface area contributed by atoms with Gasteiger partial charge >= 0.3 is 0 Å². The van der Waals surface area contributed by atoms with Crippen LogP contribution in [0, 0.1) is 11.6 Å². The Hall–Kier alpha value is -2.49. The first-order valence-corrected chi connectivity index (χ1v) is 5.80. The fraction of sp³-hybridized carbons (Fsp3) is 0. The number of benzene rings is 2. The van der Waals surface area contributed by atoms with Crippen LogP contribution in [0.5, 0.6) is 0 Å². The van der Waals surface area contributed by atoms with Crippen LogP contribution in [-0.4, -0.2) is 9.78 Å². The van der Waals surface area contributed by atoms with Crippen LogP contribution in [0.15, 0.2) is 60.8 Å². The number of aromatic nitrogens is 2. The predicted molar refractivity (Wildman–Crippen MR) is 68.9 cm³/mol. The molecule has 4 heteroatoms. The van der Waals surface area contributed by atoms with Crippen LogP contribution in [0.1, 0.15) is 0 Å². The fourth-order valence-electron chi connectivity index (χ4n) is 1.89. The third-order valence-corrected chi connectivity index (χ3v) is 2.82. The molecule has 1 aromatic heterocycles. The van der Waals surface area contributed by atoms with Crippen molar-refractivity contribution < 1.29 is 8.78 Å². The SMILES string of the molecule is Fc1ccc(-n2ccc(-c3ccccc3)n2)c(F)c1. The van der Waals surface area contributed by atoms with Crippen molar-refractivity contribution in [3.05, 3.63) is 72.4 Å². The molecule has 0 amide bonds. The number of hydrogen-bond acceptors (Lipinski definition) is 1. The molecule has 0 N–H and O–H groups in total. The molecule has 0 spiro atoms. The Kier molecular flexibility index (Phi) is 2.83. The van der Waals surface area contributed by atoms with Gasteiger partial charge in [0.05, 0.1) is 5.69 Å². The summed E-state index contributed by atoms with van der Waals surface area (Å²) in [7, 11) is 0. The number of nitrogens with zero attached hydrogens (tertiary/aromatic N) is 2. The lowest BCUT2D eigenvalue weighted by Crippen LogP contribution is -1.99. The highest BCUT2D eigenvalue weighted by Crippen LogP contribution is 2.19. The summed E-state index contributed by atoms with van der Waals surface area (Å²) in [6.45, 7) is 0. The first-order valence-electron chi connectivity index (χ1n) is 5.80. The average Bonchev–Trinajstić information content (AvgIpc) is 2.89. The zero-order chi connectivity index (χ0) is 13.2. The summed E-state index contributed by atoms with van der Waals surface area (Å²) in [6, 6.07) is 14.8. The van der Waals surface area contributed by atoms with Crippen LogP contribution in [0.3, 0.4) is 0 Å². The van der Waals surface area contributed by atoms with Crippen molar-refractivity contribution in [3.63, 3.8) is 0 Å². The van der Waals surface area contributed by atoms with Gasteiger partial charge in [-0.25, -0.2) is 13.5 Å². The summed E-state index contributed by atoms with van der Waals surface area (Å²) in [4.78, 5) is 0. The van der Waals surface area contributed by atoms with Gasteiger partial charge in [-0.05, 0) is 18.2 Å². The van der Waals surface area contributed by atoms with Crippen LogP contribution in [0.25, 0.3) is 16.9 Å². The zero-order valence-corrected chi connectivity index (χ0v) is 9.92. The summed E-state index contributed by atoms with van der Waals surface area (Å²) in [5.74, 6) is -1.24. The Balaban J connectivity index is 2.02. The molecular formula is C15H10F2N2. The van der Waals surface area contributed by atoms with E-state index >= 15 is 0 Å². The van der Waals surface area contributed by atoms with Gasteiger partial charge in [-0.1, -0.05) is 30.3 Å². The van der Waals surface area contributed by atoms with Crippen molar-refractivity contribution in [1.29, 1.82) is 0 Å². The minimum absolute atomic E-state index is 0.226. The van der Waals surface area contributed by atoms with Gasteiger partial charge in [0, 0.05) is 17.8 Å². The number of halogens is 2. The lowest BCUT2D eigenvalue weighted by molar-refractivity contribution is 0.574. The minimum atomic E-state index is -0.636. The van der Waals surface area contributed by atoms with Crippen molar-refractivity contribution in [2.45, 2.75) is 0 Å². The van der Waals surface area contributed by atoms with Crippen LogP contribution < -0.4 is 0 Å². The quantitative estimate of drug-likeness (QED) is 0.681. The first kappa shape index (κ1) is 11.6. The van der Waals surface area contributed by atoms with Crippen LogP contribution in [0.2, 0.25) is 0 Å². The molecule has 0 aliphatic carbocycles. The van der Waals surface area contributed by atoms with Crippen LogP contribution >= 0.6 is 0 Å². The van der Waals surface area contributed by atoms with Gasteiger partial charge in [0.15, 0.2) is 5.82 Å². The molecule has 0 saturated heterocycles. The van der Waals surface area contributed by atoms with E-state index in [-0.39, 0.29) is 5.69 Å². The van der Waals surface area contributed by atoms with E-state index in [0.29, 0.717) is 0 Å². The molecule has 0 unspecified atom stereocenters. The molecule has 0 atom stereocenters. The van der Waals surface area contributed by atoms with Crippen LogP contribution in [0.4, 0.5) is 8.78 Å². The number of hydrogen-bond donors (Lipinski definition) is 0. The van der Waals surface area contributed by atoms with Crippen molar-refractivity contribution in [2.24, 2.45) is 0 Å². The third-order valence-electron chi connectivity index (χ3n) is 2.82. The van der Waals surface area contributed by atoms with E-state index in [2.05, 4.69) is 5.10 Å². The minimum Gasteiger partial charge on any atom is -0.237 e. The Morgan fingerprint density at radius 1 is 0.895 bits per heavy atom. The van der Waals surface area contributed by atoms with E-state index in [1.165, 1.54) is 16.8 Å². The molecule has 2 nitrogen and oxygen atoms in total. The average molecular weight is 256 g/mol. The Morgan fingerprint density at radius 3 is 2.42 bits per heavy atom. The molecule has 94 valence electrons. The molecule has 0 aliphatic rings. The summed E-state index contributed by atoms with van der Waals surface area (Å²) < 4.78 is 27.9. The molecule has 0 saturated carbocycles. The second kappa shape index (κ2) is 4.65. The van der Waals surface area contributed by atoms with Gasteiger partial charge in [-0.15, -0.1) is 0 Å². The van der Waals surface area contributed by atoms with Gasteiger partial charge in [0.2, 0.25) is 0 Å². The molecule has 0 aliphatic heterocycles. The summed E-state index contributed by atoms with van der Waals surface area (Å²) in [5.41, 5.74) is 1.91. The largest absolute Gasteiger partial charge is 0.237 e. The van der Waals surface area contributed by atoms with E-state index in [4.69, 9.17) is 0 Å². The molecule has 0 bridgehead atoms. The lowest BCUT2D eigenvalue weighted by Gasteiger charge is -2.03. The van der Waals surface area contributed by atoms with Crippen molar-refractivity contribution in [3.8, 4) is 16.9 Å². The topological polar surface area (TPSA) is 17.8 Å². The summed E-state index contributed by atoms with van der Waals surface area (Å²) >= 11 is 0. The zero-order valence-electron chi connectivity index (χ0n) is 9.92. The van der Waals surface area contributed by atoms with Gasteiger partial charge < -0.3 is 0 Å². The third kappa shape index (κ3) is 2.25. The van der Waals surface area contributed by atoms with Gasteiger partial charge in [-0.2, -0.15) is 5.10 Å². The Bertz CT molecular complexity index is 705. The standard InChI is InChI=1S/C15H10F2N2/c16-12-6-7-15(13(17)10-12)19-9-8-14(18-19)11-4-2-1-3-5-11/h1-10H. The van der Waals surface area contributed by atoms with Crippen molar-refractivity contribution in [2.75, 3.05) is 0 Å². The van der Waals surface area contributed by atoms with Gasteiger partial charge in [-0.3, -0.25) is 0 Å². The second-order valence-corrected chi connectivity index (χ2v) is 4.11.